The topological polar surface area (TPSA) is 45.5 Å². The molecule has 22 heavy (non-hydrogen) atoms. The smallest absolute Gasteiger partial charge is 0.193 e. The highest BCUT2D eigenvalue weighted by molar-refractivity contribution is 8.00. The second-order valence-corrected chi connectivity index (χ2v) is 7.10. The van der Waals surface area contributed by atoms with E-state index in [1.807, 2.05) is 13.2 Å². The van der Waals surface area contributed by atoms with Crippen LogP contribution < -0.4 is 5.32 Å². The lowest BCUT2D eigenvalue weighted by Crippen LogP contribution is -2.48. The van der Waals surface area contributed by atoms with E-state index in [9.17, 15) is 0 Å². The Morgan fingerprint density at radius 3 is 3.05 bits per heavy atom. The Morgan fingerprint density at radius 2 is 2.36 bits per heavy atom. The van der Waals surface area contributed by atoms with E-state index in [0.717, 1.165) is 56.1 Å². The molecule has 2 rings (SSSR count). The lowest BCUT2D eigenvalue weighted by atomic mass is 10.3. The predicted octanol–water partition coefficient (Wildman–Crippen LogP) is 2.37. The maximum atomic E-state index is 4.45. The zero-order valence-corrected chi connectivity index (χ0v) is 14.9. The number of unbranched alkanes of at least 4 members (excludes halogenated alkanes) is 1. The van der Waals surface area contributed by atoms with Crippen LogP contribution in [0.5, 0.6) is 0 Å². The maximum absolute atomic E-state index is 4.45. The van der Waals surface area contributed by atoms with Crippen LogP contribution in [-0.4, -0.2) is 58.1 Å². The lowest BCUT2D eigenvalue weighted by molar-refractivity contribution is 0.407. The standard InChI is InChI=1S/C16H29N5S/c1-4-15-13-21(11-12-22-15)16(17-3)19-7-5-6-9-20-10-8-18-14(20)2/h8,10,15H,4-7,9,11-13H2,1-3H3,(H,17,19). The molecule has 0 saturated carbocycles. The molecule has 0 spiro atoms. The van der Waals surface area contributed by atoms with Gasteiger partial charge in [-0.3, -0.25) is 4.99 Å². The molecule has 5 nitrogen and oxygen atoms in total. The number of aliphatic imine (C=N–C) groups is 1. The Bertz CT molecular complexity index is 471. The zero-order valence-electron chi connectivity index (χ0n) is 14.1. The highest BCUT2D eigenvalue weighted by Gasteiger charge is 2.21. The molecule has 1 aliphatic heterocycles. The number of aryl methyl sites for hydroxylation is 2. The number of thioether (sulfide) groups is 1. The van der Waals surface area contributed by atoms with Crippen LogP contribution in [0.15, 0.2) is 17.4 Å². The van der Waals surface area contributed by atoms with Gasteiger partial charge in [0.2, 0.25) is 0 Å². The summed E-state index contributed by atoms with van der Waals surface area (Å²) in [5.74, 6) is 3.37. The summed E-state index contributed by atoms with van der Waals surface area (Å²) in [6.07, 6.45) is 7.47. The average molecular weight is 324 g/mol. The van der Waals surface area contributed by atoms with Crippen LogP contribution in [0.1, 0.15) is 32.0 Å². The van der Waals surface area contributed by atoms with Crippen LogP contribution in [0, 0.1) is 6.92 Å². The van der Waals surface area contributed by atoms with Crippen molar-refractivity contribution >= 4 is 17.7 Å². The van der Waals surface area contributed by atoms with E-state index in [4.69, 9.17) is 0 Å². The Kier molecular flexibility index (Phi) is 7.09. The van der Waals surface area contributed by atoms with E-state index in [0.29, 0.717) is 0 Å². The fraction of sp³-hybridized carbons (Fsp3) is 0.750. The quantitative estimate of drug-likeness (QED) is 0.496. The molecule has 0 aliphatic carbocycles. The summed E-state index contributed by atoms with van der Waals surface area (Å²) in [4.78, 5) is 11.1. The summed E-state index contributed by atoms with van der Waals surface area (Å²) in [5.41, 5.74) is 0. The molecule has 124 valence electrons. The minimum atomic E-state index is 0.747. The molecule has 1 N–H and O–H groups in total. The predicted molar refractivity (Wildman–Crippen MR) is 95.7 cm³/mol. The molecule has 1 aromatic rings. The summed E-state index contributed by atoms with van der Waals surface area (Å²) in [6.45, 7) is 8.59. The molecule has 0 bridgehead atoms. The van der Waals surface area contributed by atoms with Crippen molar-refractivity contribution in [1.82, 2.24) is 19.8 Å². The number of hydrogen-bond acceptors (Lipinski definition) is 3. The third-order valence-electron chi connectivity index (χ3n) is 4.14. The van der Waals surface area contributed by atoms with Gasteiger partial charge in [0.15, 0.2) is 5.96 Å². The van der Waals surface area contributed by atoms with Gasteiger partial charge in [-0.05, 0) is 26.2 Å². The molecule has 0 aromatic carbocycles. The number of rotatable bonds is 6. The van der Waals surface area contributed by atoms with Crippen LogP contribution in [0.2, 0.25) is 0 Å². The Labute approximate surface area is 138 Å². The van der Waals surface area contributed by atoms with Gasteiger partial charge in [-0.25, -0.2) is 4.98 Å². The van der Waals surface area contributed by atoms with Gasteiger partial charge in [-0.2, -0.15) is 11.8 Å². The average Bonchev–Trinajstić information content (AvgIpc) is 2.96. The van der Waals surface area contributed by atoms with Crippen molar-refractivity contribution in [3.8, 4) is 0 Å². The second-order valence-electron chi connectivity index (χ2n) is 5.70. The molecule has 2 heterocycles. The maximum Gasteiger partial charge on any atom is 0.193 e. The number of imidazole rings is 1. The van der Waals surface area contributed by atoms with Gasteiger partial charge in [-0.15, -0.1) is 0 Å². The number of nitrogens with zero attached hydrogens (tertiary/aromatic N) is 4. The van der Waals surface area contributed by atoms with Gasteiger partial charge < -0.3 is 14.8 Å². The molecule has 1 aliphatic rings. The first-order chi connectivity index (χ1) is 10.7. The molecule has 1 atom stereocenters. The van der Waals surface area contributed by atoms with Gasteiger partial charge in [-0.1, -0.05) is 6.92 Å². The Hall–Kier alpha value is -1.17. The first-order valence-corrected chi connectivity index (χ1v) is 9.34. The molecule has 1 fully saturated rings. The van der Waals surface area contributed by atoms with E-state index in [1.54, 1.807) is 0 Å². The van der Waals surface area contributed by atoms with Crippen LogP contribution in [0.4, 0.5) is 0 Å². The third-order valence-corrected chi connectivity index (χ3v) is 5.51. The Morgan fingerprint density at radius 1 is 1.50 bits per heavy atom. The van der Waals surface area contributed by atoms with Crippen molar-refractivity contribution < 1.29 is 0 Å². The van der Waals surface area contributed by atoms with Crippen LogP contribution >= 0.6 is 11.8 Å². The van der Waals surface area contributed by atoms with Crippen molar-refractivity contribution in [2.75, 3.05) is 32.4 Å². The first-order valence-electron chi connectivity index (χ1n) is 8.29. The summed E-state index contributed by atoms with van der Waals surface area (Å²) >= 11 is 2.09. The van der Waals surface area contributed by atoms with Gasteiger partial charge in [0.05, 0.1) is 0 Å². The summed E-state index contributed by atoms with van der Waals surface area (Å²) < 4.78 is 2.21. The van der Waals surface area contributed by atoms with Crippen molar-refractivity contribution in [2.45, 2.75) is 44.9 Å². The fourth-order valence-electron chi connectivity index (χ4n) is 2.74. The van der Waals surface area contributed by atoms with E-state index in [-0.39, 0.29) is 0 Å². The number of aromatic nitrogens is 2. The number of nitrogens with one attached hydrogen (secondary N) is 1. The van der Waals surface area contributed by atoms with Gasteiger partial charge in [0.25, 0.3) is 0 Å². The van der Waals surface area contributed by atoms with Crippen molar-refractivity contribution in [3.63, 3.8) is 0 Å². The molecule has 6 heteroatoms. The number of guanidine groups is 1. The summed E-state index contributed by atoms with van der Waals surface area (Å²) in [7, 11) is 1.89. The minimum Gasteiger partial charge on any atom is -0.356 e. The van der Waals surface area contributed by atoms with E-state index < -0.39 is 0 Å². The van der Waals surface area contributed by atoms with Crippen molar-refractivity contribution in [1.29, 1.82) is 0 Å². The van der Waals surface area contributed by atoms with Crippen LogP contribution in [-0.2, 0) is 6.54 Å². The highest BCUT2D eigenvalue weighted by Crippen LogP contribution is 2.20. The molecular weight excluding hydrogens is 294 g/mol. The van der Waals surface area contributed by atoms with E-state index in [2.05, 4.69) is 56.6 Å². The number of hydrogen-bond donors (Lipinski definition) is 1. The molecule has 1 unspecified atom stereocenters. The molecular formula is C16H29N5S. The summed E-state index contributed by atoms with van der Waals surface area (Å²) in [5, 5.41) is 4.27. The monoisotopic (exact) mass is 323 g/mol. The molecule has 1 aromatic heterocycles. The van der Waals surface area contributed by atoms with Gasteiger partial charge >= 0.3 is 0 Å². The van der Waals surface area contributed by atoms with Crippen LogP contribution in [0.3, 0.4) is 0 Å². The summed E-state index contributed by atoms with van der Waals surface area (Å²) in [6, 6.07) is 0. The normalized spacial score (nSPS) is 19.5. The first kappa shape index (κ1) is 17.2. The Balaban J connectivity index is 1.67. The van der Waals surface area contributed by atoms with Gasteiger partial charge in [0.1, 0.15) is 5.82 Å². The van der Waals surface area contributed by atoms with E-state index >= 15 is 0 Å². The fourth-order valence-corrected chi connectivity index (χ4v) is 3.92. The van der Waals surface area contributed by atoms with Gasteiger partial charge in [0, 0.05) is 56.6 Å². The third kappa shape index (κ3) is 4.93. The molecule has 0 amide bonds. The zero-order chi connectivity index (χ0) is 15.8. The van der Waals surface area contributed by atoms with Crippen molar-refractivity contribution in [2.24, 2.45) is 4.99 Å². The second kappa shape index (κ2) is 9.08. The molecule has 0 radical (unpaired) electrons. The SMILES string of the molecule is CCC1CN(C(=NC)NCCCCn2ccnc2C)CCS1. The van der Waals surface area contributed by atoms with Crippen LogP contribution in [0.25, 0.3) is 0 Å². The largest absolute Gasteiger partial charge is 0.356 e. The van der Waals surface area contributed by atoms with Crippen molar-refractivity contribution in [3.05, 3.63) is 18.2 Å². The minimum absolute atomic E-state index is 0.747. The highest BCUT2D eigenvalue weighted by atomic mass is 32.2. The van der Waals surface area contributed by atoms with E-state index in [1.165, 1.54) is 12.2 Å². The molecule has 1 saturated heterocycles. The lowest BCUT2D eigenvalue weighted by Gasteiger charge is -2.34.